The Kier molecular flexibility index (Phi) is 7.47. The van der Waals surface area contributed by atoms with Gasteiger partial charge in [-0.25, -0.2) is 4.39 Å². The summed E-state index contributed by atoms with van der Waals surface area (Å²) >= 11 is 0. The highest BCUT2D eigenvalue weighted by molar-refractivity contribution is 5.63. The molecule has 0 radical (unpaired) electrons. The van der Waals surface area contributed by atoms with Gasteiger partial charge in [-0.2, -0.15) is 5.26 Å². The van der Waals surface area contributed by atoms with Crippen LogP contribution < -0.4 is 9.64 Å². The second kappa shape index (κ2) is 9.82. The topological polar surface area (TPSA) is 36.3 Å². The van der Waals surface area contributed by atoms with Gasteiger partial charge in [0.05, 0.1) is 17.3 Å². The number of nitriles is 1. The summed E-state index contributed by atoms with van der Waals surface area (Å²) in [6.45, 7) is 7.89. The molecule has 2 aromatic rings. The van der Waals surface area contributed by atoms with Crippen molar-refractivity contribution in [3.63, 3.8) is 0 Å². The molecule has 2 aromatic carbocycles. The molecule has 0 heterocycles. The molecule has 4 heteroatoms. The maximum absolute atomic E-state index is 14.8. The van der Waals surface area contributed by atoms with E-state index >= 15 is 0 Å². The van der Waals surface area contributed by atoms with Crippen LogP contribution in [-0.2, 0) is 0 Å². The van der Waals surface area contributed by atoms with Gasteiger partial charge in [0.1, 0.15) is 5.75 Å². The van der Waals surface area contributed by atoms with Crippen molar-refractivity contribution in [3.8, 4) is 17.6 Å². The average molecular weight is 354 g/mol. The Balaban J connectivity index is 2.44. The van der Waals surface area contributed by atoms with E-state index in [-0.39, 0.29) is 5.75 Å². The van der Waals surface area contributed by atoms with Crippen LogP contribution in [0.4, 0.5) is 10.1 Å². The Hall–Kier alpha value is -2.54. The predicted molar refractivity (Wildman–Crippen MR) is 104 cm³/mol. The minimum absolute atomic E-state index is 0.194. The lowest BCUT2D eigenvalue weighted by molar-refractivity contribution is 0.440. The summed E-state index contributed by atoms with van der Waals surface area (Å²) in [5.74, 6) is 0.282. The zero-order chi connectivity index (χ0) is 18.9. The lowest BCUT2D eigenvalue weighted by atomic mass is 10.1. The first-order valence-electron chi connectivity index (χ1n) is 9.32. The Morgan fingerprint density at radius 3 is 2.19 bits per heavy atom. The number of benzene rings is 2. The summed E-state index contributed by atoms with van der Waals surface area (Å²) in [4.78, 5) is 2.14. The normalized spacial score (nSPS) is 10.4. The monoisotopic (exact) mass is 354 g/mol. The zero-order valence-electron chi connectivity index (χ0n) is 15.9. The van der Waals surface area contributed by atoms with Crippen molar-refractivity contribution in [1.82, 2.24) is 0 Å². The molecule has 0 aliphatic carbocycles. The highest BCUT2D eigenvalue weighted by Gasteiger charge is 2.19. The second-order valence-electron chi connectivity index (χ2n) is 6.53. The van der Waals surface area contributed by atoms with Crippen LogP contribution in [0, 0.1) is 24.1 Å². The van der Waals surface area contributed by atoms with Crippen molar-refractivity contribution >= 4 is 5.69 Å². The SMILES string of the molecule is CCCCN(CCCC)c1cc(C#N)cc(F)c1Oc1ccc(C)cc1. The Labute approximate surface area is 156 Å². The maximum Gasteiger partial charge on any atom is 0.186 e. The van der Waals surface area contributed by atoms with Gasteiger partial charge in [-0.05, 0) is 44.0 Å². The Morgan fingerprint density at radius 2 is 1.65 bits per heavy atom. The zero-order valence-corrected chi connectivity index (χ0v) is 15.9. The summed E-state index contributed by atoms with van der Waals surface area (Å²) in [6, 6.07) is 12.6. The number of hydrogen-bond acceptors (Lipinski definition) is 3. The highest BCUT2D eigenvalue weighted by Crippen LogP contribution is 2.36. The fourth-order valence-electron chi connectivity index (χ4n) is 2.75. The van der Waals surface area contributed by atoms with Gasteiger partial charge >= 0.3 is 0 Å². The average Bonchev–Trinajstić information content (AvgIpc) is 2.65. The first-order chi connectivity index (χ1) is 12.6. The van der Waals surface area contributed by atoms with Crippen molar-refractivity contribution in [2.24, 2.45) is 0 Å². The van der Waals surface area contributed by atoms with Crippen molar-refractivity contribution < 1.29 is 9.13 Å². The van der Waals surface area contributed by atoms with Gasteiger partial charge in [-0.15, -0.1) is 0 Å². The maximum atomic E-state index is 14.8. The van der Waals surface area contributed by atoms with Crippen LogP contribution in [0.5, 0.6) is 11.5 Å². The van der Waals surface area contributed by atoms with Gasteiger partial charge in [0.25, 0.3) is 0 Å². The van der Waals surface area contributed by atoms with Gasteiger partial charge in [-0.3, -0.25) is 0 Å². The van der Waals surface area contributed by atoms with Gasteiger partial charge in [0.2, 0.25) is 0 Å². The molecule has 3 nitrogen and oxygen atoms in total. The molecule has 0 fully saturated rings. The van der Waals surface area contributed by atoms with Crippen molar-refractivity contribution in [1.29, 1.82) is 5.26 Å². The van der Waals surface area contributed by atoms with Gasteiger partial charge in [0, 0.05) is 13.1 Å². The molecule has 0 atom stereocenters. The summed E-state index contributed by atoms with van der Waals surface area (Å²) in [5.41, 5.74) is 2.08. The van der Waals surface area contributed by atoms with E-state index in [4.69, 9.17) is 4.74 Å². The molecule has 0 aromatic heterocycles. The smallest absolute Gasteiger partial charge is 0.186 e. The molecular formula is C22H27FN2O. The fourth-order valence-corrected chi connectivity index (χ4v) is 2.75. The summed E-state index contributed by atoms with van der Waals surface area (Å²) in [5, 5.41) is 9.26. The molecule has 0 amide bonds. The standard InChI is InChI=1S/C22H27FN2O/c1-4-6-12-25(13-7-5-2)21-15-18(16-24)14-20(23)22(21)26-19-10-8-17(3)9-11-19/h8-11,14-15H,4-7,12-13H2,1-3H3. The number of rotatable bonds is 9. The number of nitrogens with zero attached hydrogens (tertiary/aromatic N) is 2. The summed E-state index contributed by atoms with van der Waals surface area (Å²) in [6.07, 6.45) is 4.12. The first-order valence-corrected chi connectivity index (χ1v) is 9.32. The van der Waals surface area contributed by atoms with Gasteiger partial charge < -0.3 is 9.64 Å². The van der Waals surface area contributed by atoms with Crippen molar-refractivity contribution in [2.45, 2.75) is 46.5 Å². The number of halogens is 1. The third kappa shape index (κ3) is 5.23. The molecule has 0 spiro atoms. The molecule has 0 aliphatic heterocycles. The van der Waals surface area contributed by atoms with Crippen LogP contribution in [0.15, 0.2) is 36.4 Å². The number of unbranched alkanes of at least 4 members (excludes halogenated alkanes) is 2. The van der Waals surface area contributed by atoms with Gasteiger partial charge in [0.15, 0.2) is 11.6 Å². The van der Waals surface area contributed by atoms with Gasteiger partial charge in [-0.1, -0.05) is 44.4 Å². The molecule has 0 N–H and O–H groups in total. The predicted octanol–water partition coefficient (Wildman–Crippen LogP) is 6.20. The third-order valence-corrected chi connectivity index (χ3v) is 4.30. The molecule has 26 heavy (non-hydrogen) atoms. The quantitative estimate of drug-likeness (QED) is 0.537. The summed E-state index contributed by atoms with van der Waals surface area (Å²) in [7, 11) is 0. The molecular weight excluding hydrogens is 327 g/mol. The van der Waals surface area contributed by atoms with E-state index in [0.717, 1.165) is 44.3 Å². The van der Waals surface area contributed by atoms with Crippen LogP contribution in [0.1, 0.15) is 50.7 Å². The van der Waals surface area contributed by atoms with Crippen LogP contribution in [0.2, 0.25) is 0 Å². The van der Waals surface area contributed by atoms with Crippen LogP contribution in [0.25, 0.3) is 0 Å². The van der Waals surface area contributed by atoms with Crippen LogP contribution in [-0.4, -0.2) is 13.1 Å². The minimum Gasteiger partial charge on any atom is -0.452 e. The van der Waals surface area contributed by atoms with E-state index < -0.39 is 5.82 Å². The molecule has 0 unspecified atom stereocenters. The molecule has 0 saturated heterocycles. The summed E-state index contributed by atoms with van der Waals surface area (Å²) < 4.78 is 20.7. The Bertz CT molecular complexity index is 742. The van der Waals surface area contributed by atoms with E-state index in [1.807, 2.05) is 31.2 Å². The molecule has 0 saturated carbocycles. The molecule has 0 aliphatic rings. The molecule has 0 bridgehead atoms. The van der Waals surface area contributed by atoms with Crippen molar-refractivity contribution in [2.75, 3.05) is 18.0 Å². The number of hydrogen-bond donors (Lipinski definition) is 0. The fraction of sp³-hybridized carbons (Fsp3) is 0.409. The van der Waals surface area contributed by atoms with E-state index in [1.165, 1.54) is 6.07 Å². The van der Waals surface area contributed by atoms with E-state index in [1.54, 1.807) is 6.07 Å². The number of ether oxygens (including phenoxy) is 1. The number of anilines is 1. The molecule has 2 rings (SSSR count). The van der Waals surface area contributed by atoms with Crippen LogP contribution in [0.3, 0.4) is 0 Å². The number of aryl methyl sites for hydroxylation is 1. The lowest BCUT2D eigenvalue weighted by Crippen LogP contribution is -2.26. The highest BCUT2D eigenvalue weighted by atomic mass is 19.1. The second-order valence-corrected chi connectivity index (χ2v) is 6.53. The first kappa shape index (κ1) is 19.8. The van der Waals surface area contributed by atoms with E-state index in [9.17, 15) is 9.65 Å². The lowest BCUT2D eigenvalue weighted by Gasteiger charge is -2.27. The largest absolute Gasteiger partial charge is 0.452 e. The van der Waals surface area contributed by atoms with Crippen molar-refractivity contribution in [3.05, 3.63) is 53.3 Å². The van der Waals surface area contributed by atoms with E-state index in [2.05, 4.69) is 24.8 Å². The minimum atomic E-state index is -0.502. The van der Waals surface area contributed by atoms with E-state index in [0.29, 0.717) is 17.0 Å². The molecule has 138 valence electrons. The Morgan fingerprint density at radius 1 is 1.04 bits per heavy atom. The third-order valence-electron chi connectivity index (χ3n) is 4.30. The van der Waals surface area contributed by atoms with Crippen LogP contribution >= 0.6 is 0 Å².